The van der Waals surface area contributed by atoms with E-state index in [-0.39, 0.29) is 11.8 Å². The van der Waals surface area contributed by atoms with Crippen molar-refractivity contribution in [1.29, 1.82) is 0 Å². The third-order valence-electron chi connectivity index (χ3n) is 3.38. The third kappa shape index (κ3) is 2.71. The molecular formula is C15H19ClO3. The molecule has 0 aliphatic carbocycles. The Hall–Kier alpha value is -1.22. The minimum absolute atomic E-state index is 0.0817. The Bertz CT molecular complexity index is 483. The van der Waals surface area contributed by atoms with Crippen LogP contribution in [-0.4, -0.2) is 19.5 Å². The first kappa shape index (κ1) is 14.2. The number of fused-ring (bicyclic) bond motifs is 1. The number of hydrogen-bond donors (Lipinski definition) is 0. The minimum atomic E-state index is 0.0817. The molecule has 1 aromatic carbocycles. The molecule has 1 aliphatic heterocycles. The van der Waals surface area contributed by atoms with Crippen LogP contribution in [0.3, 0.4) is 0 Å². The molecule has 0 N–H and O–H groups in total. The van der Waals surface area contributed by atoms with Crippen LogP contribution in [0.25, 0.3) is 0 Å². The van der Waals surface area contributed by atoms with E-state index in [0.717, 1.165) is 23.2 Å². The van der Waals surface area contributed by atoms with Gasteiger partial charge in [-0.25, -0.2) is 0 Å². The highest BCUT2D eigenvalue weighted by molar-refractivity contribution is 6.31. The number of carbonyl (C=O) groups excluding carboxylic acids is 1. The molecule has 1 unspecified atom stereocenters. The average Bonchev–Trinajstić information content (AvgIpc) is 2.37. The Labute approximate surface area is 118 Å². The van der Waals surface area contributed by atoms with Crippen molar-refractivity contribution >= 4 is 17.9 Å². The Morgan fingerprint density at radius 2 is 1.95 bits per heavy atom. The van der Waals surface area contributed by atoms with Gasteiger partial charge in [-0.2, -0.15) is 0 Å². The second-order valence-corrected chi connectivity index (χ2v) is 5.58. The fourth-order valence-corrected chi connectivity index (χ4v) is 2.92. The van der Waals surface area contributed by atoms with E-state index in [0.29, 0.717) is 30.4 Å². The van der Waals surface area contributed by atoms with Gasteiger partial charge in [0.15, 0.2) is 11.5 Å². The van der Waals surface area contributed by atoms with E-state index in [2.05, 4.69) is 13.8 Å². The van der Waals surface area contributed by atoms with E-state index in [1.54, 1.807) is 6.07 Å². The van der Waals surface area contributed by atoms with Crippen LogP contribution in [0.4, 0.5) is 0 Å². The van der Waals surface area contributed by atoms with Gasteiger partial charge < -0.3 is 14.3 Å². The van der Waals surface area contributed by atoms with Crippen LogP contribution in [0.5, 0.6) is 11.5 Å². The molecule has 0 aromatic heterocycles. The molecule has 0 fully saturated rings. The number of aldehydes is 1. The predicted molar refractivity (Wildman–Crippen MR) is 75.6 cm³/mol. The second kappa shape index (κ2) is 5.83. The minimum Gasteiger partial charge on any atom is -0.486 e. The summed E-state index contributed by atoms with van der Waals surface area (Å²) >= 11 is 6.39. The summed E-state index contributed by atoms with van der Waals surface area (Å²) in [5.41, 5.74) is 2.07. The van der Waals surface area contributed by atoms with Crippen LogP contribution < -0.4 is 9.47 Å². The van der Waals surface area contributed by atoms with E-state index in [4.69, 9.17) is 21.1 Å². The van der Waals surface area contributed by atoms with Gasteiger partial charge in [-0.15, -0.1) is 0 Å². The van der Waals surface area contributed by atoms with E-state index < -0.39 is 0 Å². The van der Waals surface area contributed by atoms with E-state index in [1.165, 1.54) is 0 Å². The smallest absolute Gasteiger partial charge is 0.165 e. The van der Waals surface area contributed by atoms with Crippen LogP contribution in [0, 0.1) is 0 Å². The predicted octanol–water partition coefficient (Wildman–Crippen LogP) is 3.93. The molecule has 3 nitrogen and oxygen atoms in total. The molecule has 0 amide bonds. The van der Waals surface area contributed by atoms with Gasteiger partial charge in [0, 0.05) is 23.1 Å². The molecular weight excluding hydrogens is 264 g/mol. The van der Waals surface area contributed by atoms with Gasteiger partial charge in [0.05, 0.1) is 0 Å². The van der Waals surface area contributed by atoms with Gasteiger partial charge in [0.2, 0.25) is 0 Å². The summed E-state index contributed by atoms with van der Waals surface area (Å²) in [7, 11) is 0. The Morgan fingerprint density at radius 1 is 1.26 bits per heavy atom. The molecule has 0 saturated carbocycles. The summed E-state index contributed by atoms with van der Waals surface area (Å²) in [5, 5.41) is 0.655. The highest BCUT2D eigenvalue weighted by atomic mass is 35.5. The first-order chi connectivity index (χ1) is 9.06. The molecule has 0 bridgehead atoms. The normalized spacial score (nSPS) is 15.4. The third-order valence-corrected chi connectivity index (χ3v) is 3.69. The van der Waals surface area contributed by atoms with Crippen molar-refractivity contribution in [2.24, 2.45) is 0 Å². The number of hydrogen-bond acceptors (Lipinski definition) is 3. The second-order valence-electron chi connectivity index (χ2n) is 5.17. The van der Waals surface area contributed by atoms with E-state index in [9.17, 15) is 4.79 Å². The first-order valence-electron chi connectivity index (χ1n) is 6.61. The quantitative estimate of drug-likeness (QED) is 0.785. The molecule has 0 spiro atoms. The van der Waals surface area contributed by atoms with Gasteiger partial charge in [0.1, 0.15) is 19.5 Å². The number of rotatable bonds is 4. The largest absolute Gasteiger partial charge is 0.486 e. The number of halogens is 1. The fraction of sp³-hybridized carbons (Fsp3) is 0.533. The molecule has 2 rings (SSSR count). The van der Waals surface area contributed by atoms with Crippen molar-refractivity contribution in [2.75, 3.05) is 13.2 Å². The van der Waals surface area contributed by atoms with Crippen molar-refractivity contribution in [1.82, 2.24) is 0 Å². The van der Waals surface area contributed by atoms with Crippen molar-refractivity contribution < 1.29 is 14.3 Å². The molecule has 1 aromatic rings. The average molecular weight is 283 g/mol. The highest BCUT2D eigenvalue weighted by Crippen LogP contribution is 2.46. The maximum Gasteiger partial charge on any atom is 0.165 e. The molecule has 1 aliphatic rings. The van der Waals surface area contributed by atoms with Crippen molar-refractivity contribution in [3.05, 3.63) is 22.2 Å². The molecule has 19 heavy (non-hydrogen) atoms. The first-order valence-corrected chi connectivity index (χ1v) is 6.99. The maximum atomic E-state index is 10.8. The van der Waals surface area contributed by atoms with Gasteiger partial charge in [0.25, 0.3) is 0 Å². The number of carbonyl (C=O) groups is 1. The zero-order valence-corrected chi connectivity index (χ0v) is 12.3. The van der Waals surface area contributed by atoms with E-state index >= 15 is 0 Å². The van der Waals surface area contributed by atoms with Gasteiger partial charge in [-0.1, -0.05) is 32.4 Å². The molecule has 1 heterocycles. The zero-order valence-electron chi connectivity index (χ0n) is 11.5. The van der Waals surface area contributed by atoms with Gasteiger partial charge in [-0.05, 0) is 17.4 Å². The highest BCUT2D eigenvalue weighted by Gasteiger charge is 2.26. The van der Waals surface area contributed by atoms with Crippen LogP contribution in [0.15, 0.2) is 6.07 Å². The van der Waals surface area contributed by atoms with Crippen molar-refractivity contribution in [3.63, 3.8) is 0 Å². The lowest BCUT2D eigenvalue weighted by Crippen LogP contribution is -2.18. The topological polar surface area (TPSA) is 35.5 Å². The Kier molecular flexibility index (Phi) is 4.35. The summed E-state index contributed by atoms with van der Waals surface area (Å²) in [6.45, 7) is 7.31. The molecule has 0 radical (unpaired) electrons. The van der Waals surface area contributed by atoms with Crippen LogP contribution in [0.1, 0.15) is 50.2 Å². The van der Waals surface area contributed by atoms with Crippen molar-refractivity contribution in [2.45, 2.75) is 39.0 Å². The van der Waals surface area contributed by atoms with Gasteiger partial charge in [-0.3, -0.25) is 0 Å². The van der Waals surface area contributed by atoms with Crippen LogP contribution in [0.2, 0.25) is 5.02 Å². The van der Waals surface area contributed by atoms with E-state index in [1.807, 2.05) is 6.92 Å². The summed E-state index contributed by atoms with van der Waals surface area (Å²) in [6, 6.07) is 1.80. The summed E-state index contributed by atoms with van der Waals surface area (Å²) in [4.78, 5) is 10.8. The molecule has 1 atom stereocenters. The molecule has 0 saturated heterocycles. The zero-order chi connectivity index (χ0) is 14.0. The Morgan fingerprint density at radius 3 is 2.58 bits per heavy atom. The molecule has 104 valence electrons. The van der Waals surface area contributed by atoms with Crippen LogP contribution in [-0.2, 0) is 4.79 Å². The summed E-state index contributed by atoms with van der Waals surface area (Å²) in [6.07, 6.45) is 1.39. The monoisotopic (exact) mass is 282 g/mol. The number of ether oxygens (including phenoxy) is 2. The SMILES string of the molecule is CC(C)c1c2c(cc(Cl)c1C(C)CC=O)OCCO2. The van der Waals surface area contributed by atoms with Crippen LogP contribution >= 0.6 is 11.6 Å². The summed E-state index contributed by atoms with van der Waals surface area (Å²) in [5.74, 6) is 1.84. The Balaban J connectivity index is 2.60. The fourth-order valence-electron chi connectivity index (χ4n) is 2.53. The lowest BCUT2D eigenvalue weighted by Gasteiger charge is -2.27. The maximum absolute atomic E-state index is 10.8. The van der Waals surface area contributed by atoms with Gasteiger partial charge >= 0.3 is 0 Å². The lowest BCUT2D eigenvalue weighted by atomic mass is 9.87. The molecule has 4 heteroatoms. The lowest BCUT2D eigenvalue weighted by molar-refractivity contribution is -0.108. The van der Waals surface area contributed by atoms with Crippen molar-refractivity contribution in [3.8, 4) is 11.5 Å². The number of benzene rings is 1. The summed E-state index contributed by atoms with van der Waals surface area (Å²) < 4.78 is 11.4. The standard InChI is InChI=1S/C15H19ClO3/c1-9(2)13-14(10(3)4-5-17)11(16)8-12-15(13)19-7-6-18-12/h5,8-10H,4,6-7H2,1-3H3.